The van der Waals surface area contributed by atoms with Crippen LogP contribution in [0.25, 0.3) is 5.69 Å². The van der Waals surface area contributed by atoms with Gasteiger partial charge in [-0.1, -0.05) is 30.3 Å². The minimum atomic E-state index is -0.0775. The van der Waals surface area contributed by atoms with Crippen LogP contribution in [-0.4, -0.2) is 37.7 Å². The van der Waals surface area contributed by atoms with Gasteiger partial charge in [0.2, 0.25) is 0 Å². The van der Waals surface area contributed by atoms with E-state index in [0.717, 1.165) is 30.8 Å². The standard InChI is InChI=1S/C20H22N6O/c1-14-7-3-4-10-18(14)19-11-6-12-25(19)20(27)21-16-8-5-9-17(13-16)26-15(2)22-23-24-26/h3-5,7-10,13,19H,6,11-12H2,1-2H3,(H,21,27)/t19-/m1/s1. The van der Waals surface area contributed by atoms with Crippen LogP contribution in [0.3, 0.4) is 0 Å². The highest BCUT2D eigenvalue weighted by molar-refractivity contribution is 5.90. The second-order valence-corrected chi connectivity index (χ2v) is 6.83. The smallest absolute Gasteiger partial charge is 0.317 e. The van der Waals surface area contributed by atoms with Crippen molar-refractivity contribution in [3.8, 4) is 5.69 Å². The van der Waals surface area contributed by atoms with Crippen LogP contribution in [0.1, 0.15) is 35.8 Å². The highest BCUT2D eigenvalue weighted by atomic mass is 16.2. The van der Waals surface area contributed by atoms with Crippen molar-refractivity contribution in [1.82, 2.24) is 25.1 Å². The van der Waals surface area contributed by atoms with Gasteiger partial charge in [-0.3, -0.25) is 0 Å². The Kier molecular flexibility index (Phi) is 4.58. The minimum absolute atomic E-state index is 0.0775. The van der Waals surface area contributed by atoms with Crippen LogP contribution in [0, 0.1) is 13.8 Å². The van der Waals surface area contributed by atoms with E-state index in [-0.39, 0.29) is 12.1 Å². The van der Waals surface area contributed by atoms with Gasteiger partial charge >= 0.3 is 6.03 Å². The first-order chi connectivity index (χ1) is 13.1. The van der Waals surface area contributed by atoms with E-state index in [2.05, 4.69) is 39.9 Å². The largest absolute Gasteiger partial charge is 0.322 e. The number of amides is 2. The van der Waals surface area contributed by atoms with Crippen LogP contribution in [0.15, 0.2) is 48.5 Å². The predicted octanol–water partition coefficient (Wildman–Crippen LogP) is 3.65. The number of carbonyl (C=O) groups excluding carboxylic acids is 1. The normalized spacial score (nSPS) is 16.5. The molecule has 0 radical (unpaired) electrons. The van der Waals surface area contributed by atoms with Crippen molar-refractivity contribution in [3.05, 3.63) is 65.5 Å². The Morgan fingerprint density at radius 1 is 1.15 bits per heavy atom. The molecule has 0 aliphatic carbocycles. The summed E-state index contributed by atoms with van der Waals surface area (Å²) in [5, 5.41) is 14.6. The van der Waals surface area contributed by atoms with E-state index in [1.54, 1.807) is 4.68 Å². The Morgan fingerprint density at radius 2 is 2.00 bits per heavy atom. The molecule has 1 saturated heterocycles. The molecule has 4 rings (SSSR count). The molecular formula is C20H22N6O. The highest BCUT2D eigenvalue weighted by Crippen LogP contribution is 2.34. The summed E-state index contributed by atoms with van der Waals surface area (Å²) >= 11 is 0. The van der Waals surface area contributed by atoms with E-state index < -0.39 is 0 Å². The third kappa shape index (κ3) is 3.40. The molecule has 1 atom stereocenters. The number of tetrazole rings is 1. The molecule has 7 nitrogen and oxygen atoms in total. The number of anilines is 1. The maximum absolute atomic E-state index is 12.9. The second-order valence-electron chi connectivity index (χ2n) is 6.83. The second kappa shape index (κ2) is 7.19. The summed E-state index contributed by atoms with van der Waals surface area (Å²) in [7, 11) is 0. The molecule has 0 unspecified atom stereocenters. The van der Waals surface area contributed by atoms with Crippen molar-refractivity contribution < 1.29 is 4.79 Å². The minimum Gasteiger partial charge on any atom is -0.317 e. The van der Waals surface area contributed by atoms with Gasteiger partial charge in [-0.05, 0) is 66.4 Å². The number of hydrogen-bond acceptors (Lipinski definition) is 4. The van der Waals surface area contributed by atoms with E-state index in [4.69, 9.17) is 0 Å². The number of likely N-dealkylation sites (tertiary alicyclic amines) is 1. The van der Waals surface area contributed by atoms with Crippen LogP contribution in [0.4, 0.5) is 10.5 Å². The van der Waals surface area contributed by atoms with Crippen molar-refractivity contribution in [2.45, 2.75) is 32.7 Å². The van der Waals surface area contributed by atoms with Crippen LogP contribution >= 0.6 is 0 Å². The fraction of sp³-hybridized carbons (Fsp3) is 0.300. The number of nitrogens with zero attached hydrogens (tertiary/aromatic N) is 5. The summed E-state index contributed by atoms with van der Waals surface area (Å²) in [6.45, 7) is 4.70. The van der Waals surface area contributed by atoms with Gasteiger partial charge in [-0.2, -0.15) is 4.68 Å². The molecule has 3 aromatic rings. The summed E-state index contributed by atoms with van der Waals surface area (Å²) in [5.41, 5.74) is 3.98. The molecule has 27 heavy (non-hydrogen) atoms. The molecular weight excluding hydrogens is 340 g/mol. The van der Waals surface area contributed by atoms with Crippen molar-refractivity contribution in [2.24, 2.45) is 0 Å². The molecule has 0 spiro atoms. The summed E-state index contributed by atoms with van der Waals surface area (Å²) in [6.07, 6.45) is 2.00. The molecule has 1 aliphatic heterocycles. The van der Waals surface area contributed by atoms with Crippen molar-refractivity contribution in [1.29, 1.82) is 0 Å². The molecule has 1 N–H and O–H groups in total. The first kappa shape index (κ1) is 17.2. The SMILES string of the molecule is Cc1ccccc1[C@H]1CCCN1C(=O)Nc1cccc(-n2nnnc2C)c1. The first-order valence-electron chi connectivity index (χ1n) is 9.12. The van der Waals surface area contributed by atoms with Crippen molar-refractivity contribution in [2.75, 3.05) is 11.9 Å². The lowest BCUT2D eigenvalue weighted by Gasteiger charge is -2.26. The summed E-state index contributed by atoms with van der Waals surface area (Å²) < 4.78 is 1.64. The number of aromatic nitrogens is 4. The number of nitrogens with one attached hydrogen (secondary N) is 1. The fourth-order valence-corrected chi connectivity index (χ4v) is 3.67. The number of rotatable bonds is 3. The number of hydrogen-bond donors (Lipinski definition) is 1. The molecule has 2 aromatic carbocycles. The van der Waals surface area contributed by atoms with Gasteiger partial charge in [-0.15, -0.1) is 5.10 Å². The van der Waals surface area contributed by atoms with E-state index in [1.807, 2.05) is 48.2 Å². The van der Waals surface area contributed by atoms with Gasteiger partial charge in [0.25, 0.3) is 0 Å². The topological polar surface area (TPSA) is 75.9 Å². The van der Waals surface area contributed by atoms with Crippen LogP contribution in [-0.2, 0) is 0 Å². The van der Waals surface area contributed by atoms with E-state index in [1.165, 1.54) is 11.1 Å². The lowest BCUT2D eigenvalue weighted by Crippen LogP contribution is -2.34. The maximum Gasteiger partial charge on any atom is 0.322 e. The quantitative estimate of drug-likeness (QED) is 0.772. The lowest BCUT2D eigenvalue weighted by atomic mass is 9.99. The van der Waals surface area contributed by atoms with Crippen molar-refractivity contribution >= 4 is 11.7 Å². The summed E-state index contributed by atoms with van der Waals surface area (Å²) in [5.74, 6) is 0.692. The fourth-order valence-electron chi connectivity index (χ4n) is 3.67. The number of carbonyl (C=O) groups is 1. The Balaban J connectivity index is 1.54. The predicted molar refractivity (Wildman–Crippen MR) is 103 cm³/mol. The summed E-state index contributed by atoms with van der Waals surface area (Å²) in [6, 6.07) is 15.9. The molecule has 7 heteroatoms. The van der Waals surface area contributed by atoms with Gasteiger partial charge in [0, 0.05) is 12.2 Å². The third-order valence-corrected chi connectivity index (χ3v) is 5.03. The van der Waals surface area contributed by atoms with Crippen molar-refractivity contribution in [3.63, 3.8) is 0 Å². The lowest BCUT2D eigenvalue weighted by molar-refractivity contribution is 0.207. The van der Waals surface area contributed by atoms with E-state index >= 15 is 0 Å². The van der Waals surface area contributed by atoms with Gasteiger partial charge in [0.05, 0.1) is 11.7 Å². The van der Waals surface area contributed by atoms with Crippen LogP contribution in [0.2, 0.25) is 0 Å². The average Bonchev–Trinajstić information content (AvgIpc) is 3.31. The first-order valence-corrected chi connectivity index (χ1v) is 9.12. The Bertz CT molecular complexity index is 966. The Labute approximate surface area is 158 Å². The number of urea groups is 1. The molecule has 1 aromatic heterocycles. The Morgan fingerprint density at radius 3 is 2.78 bits per heavy atom. The van der Waals surface area contributed by atoms with E-state index in [0.29, 0.717) is 5.82 Å². The monoisotopic (exact) mass is 362 g/mol. The van der Waals surface area contributed by atoms with Gasteiger partial charge < -0.3 is 10.2 Å². The zero-order chi connectivity index (χ0) is 18.8. The van der Waals surface area contributed by atoms with Gasteiger partial charge in [-0.25, -0.2) is 4.79 Å². The molecule has 138 valence electrons. The number of aryl methyl sites for hydroxylation is 2. The molecule has 1 fully saturated rings. The molecule has 2 amide bonds. The molecule has 2 heterocycles. The van der Waals surface area contributed by atoms with Gasteiger partial charge in [0.15, 0.2) is 5.82 Å². The molecule has 0 saturated carbocycles. The van der Waals surface area contributed by atoms with Crippen LogP contribution < -0.4 is 5.32 Å². The third-order valence-electron chi connectivity index (χ3n) is 5.03. The van der Waals surface area contributed by atoms with E-state index in [9.17, 15) is 4.79 Å². The van der Waals surface area contributed by atoms with Crippen LogP contribution in [0.5, 0.6) is 0 Å². The van der Waals surface area contributed by atoms with Gasteiger partial charge in [0.1, 0.15) is 0 Å². The highest BCUT2D eigenvalue weighted by Gasteiger charge is 2.30. The maximum atomic E-state index is 12.9. The summed E-state index contributed by atoms with van der Waals surface area (Å²) in [4.78, 5) is 14.9. The number of benzene rings is 2. The Hall–Kier alpha value is -3.22. The average molecular weight is 362 g/mol. The zero-order valence-electron chi connectivity index (χ0n) is 15.5. The zero-order valence-corrected chi connectivity index (χ0v) is 15.5. The molecule has 1 aliphatic rings. The molecule has 0 bridgehead atoms.